The van der Waals surface area contributed by atoms with Gasteiger partial charge in [0.05, 0.1) is 5.41 Å². The van der Waals surface area contributed by atoms with Crippen LogP contribution < -0.4 is 5.48 Å². The molecule has 1 aromatic heterocycles. The third-order valence-corrected chi connectivity index (χ3v) is 4.33. The van der Waals surface area contributed by atoms with Crippen molar-refractivity contribution in [2.75, 3.05) is 0 Å². The van der Waals surface area contributed by atoms with Gasteiger partial charge in [0.1, 0.15) is 0 Å². The van der Waals surface area contributed by atoms with Crippen LogP contribution in [0, 0.1) is 0 Å². The maximum atomic E-state index is 12.9. The SMILES string of the molecule is Cn1cc(C(=O)C2(c3ccccc3)CC2)cc1/C=C/C(=O)NO. The van der Waals surface area contributed by atoms with E-state index in [1.54, 1.807) is 22.9 Å². The van der Waals surface area contributed by atoms with Gasteiger partial charge >= 0.3 is 0 Å². The number of carbonyl (C=O) groups is 2. The molecule has 0 aliphatic heterocycles. The molecule has 1 aliphatic carbocycles. The second-order valence-electron chi connectivity index (χ2n) is 5.85. The van der Waals surface area contributed by atoms with E-state index >= 15 is 0 Å². The summed E-state index contributed by atoms with van der Waals surface area (Å²) in [6.07, 6.45) is 6.28. The molecule has 1 aliphatic rings. The summed E-state index contributed by atoms with van der Waals surface area (Å²) in [6.45, 7) is 0. The molecular formula is C18H18N2O3. The minimum atomic E-state index is -0.609. The zero-order valence-corrected chi connectivity index (χ0v) is 12.8. The highest BCUT2D eigenvalue weighted by molar-refractivity contribution is 6.06. The highest BCUT2D eigenvalue weighted by Crippen LogP contribution is 2.50. The van der Waals surface area contributed by atoms with E-state index < -0.39 is 11.3 Å². The normalized spacial score (nSPS) is 15.6. The molecule has 0 radical (unpaired) electrons. The van der Waals surface area contributed by atoms with Crippen molar-refractivity contribution in [3.63, 3.8) is 0 Å². The van der Waals surface area contributed by atoms with Crippen LogP contribution in [-0.2, 0) is 17.3 Å². The van der Waals surface area contributed by atoms with Crippen LogP contribution in [0.15, 0.2) is 48.7 Å². The number of aromatic nitrogens is 1. The average molecular weight is 310 g/mol. The van der Waals surface area contributed by atoms with Crippen molar-refractivity contribution >= 4 is 17.8 Å². The Morgan fingerprint density at radius 1 is 1.26 bits per heavy atom. The van der Waals surface area contributed by atoms with Gasteiger partial charge < -0.3 is 4.57 Å². The molecule has 0 spiro atoms. The lowest BCUT2D eigenvalue weighted by molar-refractivity contribution is -0.124. The fourth-order valence-electron chi connectivity index (χ4n) is 2.88. The Balaban J connectivity index is 1.87. The van der Waals surface area contributed by atoms with Gasteiger partial charge in [-0.1, -0.05) is 30.3 Å². The lowest BCUT2D eigenvalue weighted by Gasteiger charge is -2.13. The van der Waals surface area contributed by atoms with E-state index in [2.05, 4.69) is 0 Å². The molecule has 2 N–H and O–H groups in total. The molecule has 23 heavy (non-hydrogen) atoms. The molecule has 5 nitrogen and oxygen atoms in total. The lowest BCUT2D eigenvalue weighted by atomic mass is 9.88. The molecule has 1 amide bonds. The van der Waals surface area contributed by atoms with Gasteiger partial charge in [-0.25, -0.2) is 5.48 Å². The van der Waals surface area contributed by atoms with Crippen molar-refractivity contribution < 1.29 is 14.8 Å². The molecule has 0 saturated heterocycles. The molecular weight excluding hydrogens is 292 g/mol. The van der Waals surface area contributed by atoms with Crippen LogP contribution >= 0.6 is 0 Å². The van der Waals surface area contributed by atoms with Crippen LogP contribution in [0.25, 0.3) is 6.08 Å². The minimum absolute atomic E-state index is 0.116. The molecule has 118 valence electrons. The molecule has 2 aromatic rings. The largest absolute Gasteiger partial charge is 0.350 e. The molecule has 3 rings (SSSR count). The summed E-state index contributed by atoms with van der Waals surface area (Å²) in [5.41, 5.74) is 3.56. The Morgan fingerprint density at radius 3 is 2.57 bits per heavy atom. The number of hydrogen-bond acceptors (Lipinski definition) is 3. The fraction of sp³-hybridized carbons (Fsp3) is 0.222. The van der Waals surface area contributed by atoms with Crippen molar-refractivity contribution in [3.05, 3.63) is 65.5 Å². The number of rotatable bonds is 5. The number of nitrogens with zero attached hydrogens (tertiary/aromatic N) is 1. The summed E-state index contributed by atoms with van der Waals surface area (Å²) in [6, 6.07) is 11.6. The number of aryl methyl sites for hydroxylation is 1. The van der Waals surface area contributed by atoms with E-state index in [4.69, 9.17) is 5.21 Å². The molecule has 0 unspecified atom stereocenters. The van der Waals surface area contributed by atoms with Gasteiger partial charge in [0, 0.05) is 30.6 Å². The Morgan fingerprint density at radius 2 is 1.96 bits per heavy atom. The predicted octanol–water partition coefficient (Wildman–Crippen LogP) is 2.46. The zero-order chi connectivity index (χ0) is 16.4. The van der Waals surface area contributed by atoms with Crippen molar-refractivity contribution in [2.45, 2.75) is 18.3 Å². The number of carbonyl (C=O) groups excluding carboxylic acids is 2. The summed E-state index contributed by atoms with van der Waals surface area (Å²) < 4.78 is 1.79. The average Bonchev–Trinajstić information content (AvgIpc) is 3.31. The first-order valence-corrected chi connectivity index (χ1v) is 7.46. The van der Waals surface area contributed by atoms with Gasteiger partial charge in [-0.15, -0.1) is 0 Å². The number of benzene rings is 1. The fourth-order valence-corrected chi connectivity index (χ4v) is 2.88. The van der Waals surface area contributed by atoms with E-state index in [-0.39, 0.29) is 5.78 Å². The first-order chi connectivity index (χ1) is 11.1. The van der Waals surface area contributed by atoms with Gasteiger partial charge in [-0.05, 0) is 30.5 Å². The second-order valence-corrected chi connectivity index (χ2v) is 5.85. The summed E-state index contributed by atoms with van der Waals surface area (Å²) in [4.78, 5) is 24.0. The Hall–Kier alpha value is -2.66. The van der Waals surface area contributed by atoms with E-state index in [1.807, 2.05) is 37.4 Å². The van der Waals surface area contributed by atoms with E-state index in [0.717, 1.165) is 24.1 Å². The third-order valence-electron chi connectivity index (χ3n) is 4.33. The Bertz CT molecular complexity index is 771. The molecule has 5 heteroatoms. The van der Waals surface area contributed by atoms with Gasteiger partial charge in [0.2, 0.25) is 0 Å². The van der Waals surface area contributed by atoms with Crippen molar-refractivity contribution in [1.82, 2.24) is 10.0 Å². The second kappa shape index (κ2) is 5.85. The molecule has 1 heterocycles. The molecule has 0 atom stereocenters. The Kier molecular flexibility index (Phi) is 3.88. The van der Waals surface area contributed by atoms with E-state index in [9.17, 15) is 9.59 Å². The van der Waals surface area contributed by atoms with Gasteiger partial charge in [0.25, 0.3) is 5.91 Å². The number of nitrogens with one attached hydrogen (secondary N) is 1. The Labute approximate surface area is 134 Å². The van der Waals surface area contributed by atoms with Crippen LogP contribution in [-0.4, -0.2) is 21.5 Å². The quantitative estimate of drug-likeness (QED) is 0.386. The first-order valence-electron chi connectivity index (χ1n) is 7.46. The summed E-state index contributed by atoms with van der Waals surface area (Å²) in [7, 11) is 1.81. The minimum Gasteiger partial charge on any atom is -0.350 e. The summed E-state index contributed by atoms with van der Waals surface area (Å²) in [5.74, 6) is -0.493. The standard InChI is InChI=1S/C18H18N2O3/c1-20-12-13(11-15(20)7-8-16(21)19-23)17(22)18(9-10-18)14-5-3-2-4-6-14/h2-8,11-12,23H,9-10H2,1H3,(H,19,21)/b8-7+. The molecule has 0 bridgehead atoms. The van der Waals surface area contributed by atoms with Crippen molar-refractivity contribution in [1.29, 1.82) is 0 Å². The zero-order valence-electron chi connectivity index (χ0n) is 12.8. The maximum Gasteiger partial charge on any atom is 0.267 e. The number of hydroxylamine groups is 1. The summed E-state index contributed by atoms with van der Waals surface area (Å²) >= 11 is 0. The highest BCUT2D eigenvalue weighted by Gasteiger charge is 2.51. The van der Waals surface area contributed by atoms with Crippen LogP contribution in [0.5, 0.6) is 0 Å². The van der Waals surface area contributed by atoms with Gasteiger partial charge in [-0.3, -0.25) is 14.8 Å². The van der Waals surface area contributed by atoms with Crippen LogP contribution in [0.1, 0.15) is 34.5 Å². The van der Waals surface area contributed by atoms with Crippen molar-refractivity contribution in [3.8, 4) is 0 Å². The molecule has 1 aromatic carbocycles. The third kappa shape index (κ3) is 2.83. The topological polar surface area (TPSA) is 71.3 Å². The smallest absolute Gasteiger partial charge is 0.267 e. The number of Topliss-reactive ketones (excluding diaryl/α,β-unsaturated/α-hetero) is 1. The number of amides is 1. The monoisotopic (exact) mass is 310 g/mol. The summed E-state index contributed by atoms with van der Waals surface area (Å²) in [5, 5.41) is 8.50. The highest BCUT2D eigenvalue weighted by atomic mass is 16.5. The van der Waals surface area contributed by atoms with E-state index in [0.29, 0.717) is 5.56 Å². The van der Waals surface area contributed by atoms with Crippen LogP contribution in [0.2, 0.25) is 0 Å². The van der Waals surface area contributed by atoms with Gasteiger partial charge in [0.15, 0.2) is 5.78 Å². The number of ketones is 1. The molecule has 1 saturated carbocycles. The number of hydrogen-bond donors (Lipinski definition) is 2. The molecule has 1 fully saturated rings. The van der Waals surface area contributed by atoms with E-state index in [1.165, 1.54) is 11.6 Å². The van der Waals surface area contributed by atoms with Crippen LogP contribution in [0.4, 0.5) is 0 Å². The lowest BCUT2D eigenvalue weighted by Crippen LogP contribution is -2.20. The van der Waals surface area contributed by atoms with Gasteiger partial charge in [-0.2, -0.15) is 0 Å². The van der Waals surface area contributed by atoms with Crippen LogP contribution in [0.3, 0.4) is 0 Å². The maximum absolute atomic E-state index is 12.9. The first kappa shape index (κ1) is 15.2. The predicted molar refractivity (Wildman–Crippen MR) is 86.1 cm³/mol. The van der Waals surface area contributed by atoms with Crippen molar-refractivity contribution in [2.24, 2.45) is 7.05 Å².